The number of piperidine rings is 1. The fraction of sp³-hybridized carbons (Fsp3) is 0.368. The first kappa shape index (κ1) is 19.6. The summed E-state index contributed by atoms with van der Waals surface area (Å²) in [4.78, 5) is 23.2. The highest BCUT2D eigenvalue weighted by Crippen LogP contribution is 2.31. The van der Waals surface area contributed by atoms with Crippen LogP contribution in [0.15, 0.2) is 42.5 Å². The number of nitro benzene ring substituents is 2. The predicted molar refractivity (Wildman–Crippen MR) is 105 cm³/mol. The molecule has 0 saturated carbocycles. The Hall–Kier alpha value is -3.20. The minimum atomic E-state index is -0.419. The fourth-order valence-corrected chi connectivity index (χ4v) is 3.36. The molecular weight excluding hydrogens is 364 g/mol. The van der Waals surface area contributed by atoms with Gasteiger partial charge in [0.15, 0.2) is 0 Å². The van der Waals surface area contributed by atoms with E-state index in [-0.39, 0.29) is 17.4 Å². The number of benzene rings is 2. The van der Waals surface area contributed by atoms with E-state index in [4.69, 9.17) is 4.74 Å². The molecular formula is C19H22N4O5. The maximum atomic E-state index is 11.0. The van der Waals surface area contributed by atoms with Crippen molar-refractivity contribution in [3.63, 3.8) is 0 Å². The lowest BCUT2D eigenvalue weighted by Crippen LogP contribution is -2.38. The number of non-ortho nitro benzene ring substituents is 2. The molecule has 0 amide bonds. The van der Waals surface area contributed by atoms with Gasteiger partial charge in [0.05, 0.1) is 22.6 Å². The summed E-state index contributed by atoms with van der Waals surface area (Å²) in [6.45, 7) is 2.47. The van der Waals surface area contributed by atoms with Crippen LogP contribution < -0.4 is 10.1 Å². The van der Waals surface area contributed by atoms with Gasteiger partial charge in [0.1, 0.15) is 5.75 Å². The molecule has 0 bridgehead atoms. The van der Waals surface area contributed by atoms with Crippen LogP contribution >= 0.6 is 0 Å². The molecule has 9 heteroatoms. The van der Waals surface area contributed by atoms with Crippen molar-refractivity contribution in [2.75, 3.05) is 25.5 Å². The molecule has 0 atom stereocenters. The van der Waals surface area contributed by atoms with Gasteiger partial charge < -0.3 is 10.1 Å². The Morgan fingerprint density at radius 3 is 2.21 bits per heavy atom. The summed E-state index contributed by atoms with van der Waals surface area (Å²) in [5.41, 5.74) is 1.79. The van der Waals surface area contributed by atoms with Crippen LogP contribution in [0.5, 0.6) is 5.75 Å². The average molecular weight is 386 g/mol. The number of ether oxygens (including phenoxy) is 1. The Bertz CT molecular complexity index is 848. The number of rotatable bonds is 7. The summed E-state index contributed by atoms with van der Waals surface area (Å²) in [6, 6.07) is 11.4. The molecule has 1 heterocycles. The molecule has 2 aromatic rings. The van der Waals surface area contributed by atoms with Gasteiger partial charge in [-0.1, -0.05) is 12.1 Å². The van der Waals surface area contributed by atoms with Gasteiger partial charge in [-0.15, -0.1) is 0 Å². The van der Waals surface area contributed by atoms with Gasteiger partial charge in [-0.05, 0) is 24.5 Å². The minimum absolute atomic E-state index is 0.0268. The summed E-state index contributed by atoms with van der Waals surface area (Å²) < 4.78 is 5.30. The van der Waals surface area contributed by atoms with Crippen LogP contribution in [0.25, 0.3) is 0 Å². The van der Waals surface area contributed by atoms with Crippen LogP contribution in [-0.2, 0) is 6.54 Å². The second-order valence-corrected chi connectivity index (χ2v) is 6.76. The first-order chi connectivity index (χ1) is 13.5. The maximum Gasteiger partial charge on any atom is 0.271 e. The Morgan fingerprint density at radius 2 is 1.64 bits per heavy atom. The lowest BCUT2D eigenvalue weighted by Gasteiger charge is -2.33. The Labute approximate surface area is 162 Å². The van der Waals surface area contributed by atoms with Crippen molar-refractivity contribution in [3.05, 3.63) is 68.3 Å². The van der Waals surface area contributed by atoms with E-state index in [0.29, 0.717) is 11.4 Å². The normalized spacial score (nSPS) is 15.2. The average Bonchev–Trinajstić information content (AvgIpc) is 2.69. The Balaban J connectivity index is 1.56. The molecule has 1 N–H and O–H groups in total. The van der Waals surface area contributed by atoms with Crippen molar-refractivity contribution in [2.24, 2.45) is 0 Å². The molecule has 1 saturated heterocycles. The standard InChI is InChI=1S/C19H22N4O5/c1-28-19-7-6-17(23(26)27)12-18(19)20-15-8-10-21(11-9-15)13-14-2-4-16(5-3-14)22(24)25/h2-7,12,15,20H,8-11,13H2,1H3. The van der Waals surface area contributed by atoms with Crippen molar-refractivity contribution in [1.29, 1.82) is 0 Å². The van der Waals surface area contributed by atoms with Crippen LogP contribution in [0, 0.1) is 20.2 Å². The third-order valence-electron chi connectivity index (χ3n) is 4.89. The van der Waals surface area contributed by atoms with E-state index in [9.17, 15) is 20.2 Å². The molecule has 1 fully saturated rings. The van der Waals surface area contributed by atoms with E-state index in [0.717, 1.165) is 38.0 Å². The SMILES string of the molecule is COc1ccc([N+](=O)[O-])cc1NC1CCN(Cc2ccc([N+](=O)[O-])cc2)CC1. The molecule has 0 spiro atoms. The number of hydrogen-bond acceptors (Lipinski definition) is 7. The van der Waals surface area contributed by atoms with Gasteiger partial charge in [0.2, 0.25) is 0 Å². The van der Waals surface area contributed by atoms with E-state index < -0.39 is 9.85 Å². The van der Waals surface area contributed by atoms with Gasteiger partial charge in [0.25, 0.3) is 11.4 Å². The molecule has 2 aromatic carbocycles. The van der Waals surface area contributed by atoms with E-state index in [1.807, 2.05) is 0 Å². The largest absolute Gasteiger partial charge is 0.495 e. The van der Waals surface area contributed by atoms with Gasteiger partial charge in [-0.3, -0.25) is 25.1 Å². The number of anilines is 1. The summed E-state index contributed by atoms with van der Waals surface area (Å²) in [7, 11) is 1.54. The highest BCUT2D eigenvalue weighted by atomic mass is 16.6. The minimum Gasteiger partial charge on any atom is -0.495 e. The van der Waals surface area contributed by atoms with E-state index in [1.165, 1.54) is 24.3 Å². The molecule has 148 valence electrons. The smallest absolute Gasteiger partial charge is 0.271 e. The lowest BCUT2D eigenvalue weighted by molar-refractivity contribution is -0.385. The van der Waals surface area contributed by atoms with Gasteiger partial charge >= 0.3 is 0 Å². The van der Waals surface area contributed by atoms with Crippen LogP contribution in [0.3, 0.4) is 0 Å². The van der Waals surface area contributed by atoms with Crippen molar-refractivity contribution in [3.8, 4) is 5.75 Å². The first-order valence-corrected chi connectivity index (χ1v) is 9.01. The molecule has 0 aromatic heterocycles. The number of nitrogens with zero attached hydrogens (tertiary/aromatic N) is 3. The molecule has 1 aliphatic heterocycles. The topological polar surface area (TPSA) is 111 Å². The van der Waals surface area contributed by atoms with Crippen LogP contribution in [-0.4, -0.2) is 41.0 Å². The monoisotopic (exact) mass is 386 g/mol. The highest BCUT2D eigenvalue weighted by Gasteiger charge is 2.21. The summed E-state index contributed by atoms with van der Waals surface area (Å²) in [5, 5.41) is 25.1. The molecule has 3 rings (SSSR count). The molecule has 1 aliphatic rings. The van der Waals surface area contributed by atoms with Crippen LogP contribution in [0.2, 0.25) is 0 Å². The molecule has 28 heavy (non-hydrogen) atoms. The summed E-state index contributed by atoms with van der Waals surface area (Å²) >= 11 is 0. The summed E-state index contributed by atoms with van der Waals surface area (Å²) in [6.07, 6.45) is 1.78. The van der Waals surface area contributed by atoms with Crippen molar-refractivity contribution >= 4 is 17.1 Å². The van der Waals surface area contributed by atoms with Crippen molar-refractivity contribution in [2.45, 2.75) is 25.4 Å². The fourth-order valence-electron chi connectivity index (χ4n) is 3.36. The zero-order valence-electron chi connectivity index (χ0n) is 15.5. The summed E-state index contributed by atoms with van der Waals surface area (Å²) in [5.74, 6) is 0.582. The zero-order valence-corrected chi connectivity index (χ0v) is 15.5. The highest BCUT2D eigenvalue weighted by molar-refractivity contribution is 5.62. The number of hydrogen-bond donors (Lipinski definition) is 1. The number of likely N-dealkylation sites (tertiary alicyclic amines) is 1. The lowest BCUT2D eigenvalue weighted by atomic mass is 10.0. The molecule has 0 radical (unpaired) electrons. The van der Waals surface area contributed by atoms with Crippen molar-refractivity contribution in [1.82, 2.24) is 4.90 Å². The number of nitrogens with one attached hydrogen (secondary N) is 1. The van der Waals surface area contributed by atoms with Crippen LogP contribution in [0.1, 0.15) is 18.4 Å². The van der Waals surface area contributed by atoms with Gasteiger partial charge in [0, 0.05) is 49.9 Å². The zero-order chi connectivity index (χ0) is 20.1. The predicted octanol–water partition coefficient (Wildman–Crippen LogP) is 3.59. The Morgan fingerprint density at radius 1 is 1.04 bits per heavy atom. The van der Waals surface area contributed by atoms with Crippen molar-refractivity contribution < 1.29 is 14.6 Å². The quantitative estimate of drug-likeness (QED) is 0.572. The number of methoxy groups -OCH3 is 1. The second kappa shape index (κ2) is 8.66. The molecule has 9 nitrogen and oxygen atoms in total. The van der Waals surface area contributed by atoms with Crippen LogP contribution in [0.4, 0.5) is 17.1 Å². The second-order valence-electron chi connectivity index (χ2n) is 6.76. The van der Waals surface area contributed by atoms with Gasteiger partial charge in [-0.2, -0.15) is 0 Å². The third-order valence-corrected chi connectivity index (χ3v) is 4.89. The maximum absolute atomic E-state index is 11.0. The third kappa shape index (κ3) is 4.74. The van der Waals surface area contributed by atoms with Gasteiger partial charge in [-0.25, -0.2) is 0 Å². The van der Waals surface area contributed by atoms with E-state index in [2.05, 4.69) is 10.2 Å². The number of nitro groups is 2. The molecule has 0 unspecified atom stereocenters. The van der Waals surface area contributed by atoms with E-state index >= 15 is 0 Å². The Kier molecular flexibility index (Phi) is 6.05. The first-order valence-electron chi connectivity index (χ1n) is 9.01. The van der Waals surface area contributed by atoms with E-state index in [1.54, 1.807) is 25.3 Å². The molecule has 0 aliphatic carbocycles.